The van der Waals surface area contributed by atoms with Gasteiger partial charge in [0.2, 0.25) is 5.91 Å². The van der Waals surface area contributed by atoms with Gasteiger partial charge >= 0.3 is 5.63 Å². The molecule has 25 heavy (non-hydrogen) atoms. The van der Waals surface area contributed by atoms with Crippen molar-refractivity contribution in [1.82, 2.24) is 4.90 Å². The third kappa shape index (κ3) is 4.95. The first-order chi connectivity index (χ1) is 12.0. The highest BCUT2D eigenvalue weighted by atomic mass is 79.9. The number of rotatable bonds is 4. The van der Waals surface area contributed by atoms with Gasteiger partial charge in [0.05, 0.1) is 12.5 Å². The van der Waals surface area contributed by atoms with Crippen LogP contribution in [0.3, 0.4) is 0 Å². The van der Waals surface area contributed by atoms with Gasteiger partial charge in [-0.15, -0.1) is 0 Å². The average molecular weight is 406 g/mol. The lowest BCUT2D eigenvalue weighted by Crippen LogP contribution is -2.42. The maximum Gasteiger partial charge on any atom is 0.339 e. The Morgan fingerprint density at radius 1 is 1.24 bits per heavy atom. The maximum absolute atomic E-state index is 12.4. The van der Waals surface area contributed by atoms with Crippen molar-refractivity contribution in [3.8, 4) is 5.75 Å². The summed E-state index contributed by atoms with van der Waals surface area (Å²) < 4.78 is 11.8. The lowest BCUT2D eigenvalue weighted by Gasteiger charge is -2.32. The fourth-order valence-corrected chi connectivity index (χ4v) is 3.21. The van der Waals surface area contributed by atoms with Crippen molar-refractivity contribution >= 4 is 21.8 Å². The Hall–Kier alpha value is -2.08. The molecular formula is C19H20BrNO4. The third-order valence-electron chi connectivity index (χ3n) is 4.23. The molecule has 5 nitrogen and oxygen atoms in total. The SMILES string of the molecule is Cc1cc(OC2CCN(C(=O)Cc3ccc(Br)cc3)CC2)cc(=O)o1. The summed E-state index contributed by atoms with van der Waals surface area (Å²) in [6.45, 7) is 3.05. The molecule has 0 saturated carbocycles. The summed E-state index contributed by atoms with van der Waals surface area (Å²) >= 11 is 3.40. The summed E-state index contributed by atoms with van der Waals surface area (Å²) in [6, 6.07) is 10.9. The Bertz CT molecular complexity index is 792. The molecule has 132 valence electrons. The van der Waals surface area contributed by atoms with Crippen molar-refractivity contribution in [2.24, 2.45) is 0 Å². The van der Waals surface area contributed by atoms with E-state index in [1.807, 2.05) is 29.2 Å². The van der Waals surface area contributed by atoms with Crippen LogP contribution in [-0.4, -0.2) is 30.0 Å². The van der Waals surface area contributed by atoms with Gasteiger partial charge in [0.1, 0.15) is 17.6 Å². The Morgan fingerprint density at radius 3 is 2.56 bits per heavy atom. The smallest absolute Gasteiger partial charge is 0.339 e. The summed E-state index contributed by atoms with van der Waals surface area (Å²) in [5, 5.41) is 0. The number of halogens is 1. The minimum atomic E-state index is -0.405. The monoisotopic (exact) mass is 405 g/mol. The van der Waals surface area contributed by atoms with Gasteiger partial charge < -0.3 is 14.1 Å². The van der Waals surface area contributed by atoms with Crippen LogP contribution in [0.1, 0.15) is 24.2 Å². The van der Waals surface area contributed by atoms with E-state index in [-0.39, 0.29) is 12.0 Å². The number of likely N-dealkylation sites (tertiary alicyclic amines) is 1. The van der Waals surface area contributed by atoms with Gasteiger partial charge in [-0.25, -0.2) is 4.79 Å². The molecule has 1 aromatic carbocycles. The van der Waals surface area contributed by atoms with Gasteiger partial charge in [0.15, 0.2) is 0 Å². The normalized spacial score (nSPS) is 15.2. The van der Waals surface area contributed by atoms with Gasteiger partial charge in [0, 0.05) is 36.5 Å². The summed E-state index contributed by atoms with van der Waals surface area (Å²) in [4.78, 5) is 25.7. The molecule has 0 N–H and O–H groups in total. The number of aryl methyl sites for hydroxylation is 1. The number of ether oxygens (including phenoxy) is 1. The van der Waals surface area contributed by atoms with E-state index >= 15 is 0 Å². The van der Waals surface area contributed by atoms with Crippen LogP contribution < -0.4 is 10.4 Å². The molecule has 2 aromatic rings. The zero-order chi connectivity index (χ0) is 17.8. The molecule has 0 unspecified atom stereocenters. The molecule has 0 radical (unpaired) electrons. The van der Waals surface area contributed by atoms with Crippen molar-refractivity contribution < 1.29 is 13.9 Å². The predicted octanol–water partition coefficient (Wildman–Crippen LogP) is 3.32. The van der Waals surface area contributed by atoms with Crippen LogP contribution in [0.15, 0.2) is 50.1 Å². The third-order valence-corrected chi connectivity index (χ3v) is 4.76. The topological polar surface area (TPSA) is 59.8 Å². The van der Waals surface area contributed by atoms with Crippen LogP contribution in [-0.2, 0) is 11.2 Å². The summed E-state index contributed by atoms with van der Waals surface area (Å²) in [5.74, 6) is 1.20. The van der Waals surface area contributed by atoms with E-state index in [1.54, 1.807) is 13.0 Å². The van der Waals surface area contributed by atoms with Crippen molar-refractivity contribution in [3.63, 3.8) is 0 Å². The van der Waals surface area contributed by atoms with E-state index in [1.165, 1.54) is 6.07 Å². The summed E-state index contributed by atoms with van der Waals surface area (Å²) in [5.41, 5.74) is 0.607. The van der Waals surface area contributed by atoms with Crippen LogP contribution >= 0.6 is 15.9 Å². The first-order valence-electron chi connectivity index (χ1n) is 8.30. The molecule has 6 heteroatoms. The number of hydrogen-bond acceptors (Lipinski definition) is 4. The van der Waals surface area contributed by atoms with Crippen LogP contribution in [0.2, 0.25) is 0 Å². The second-order valence-electron chi connectivity index (χ2n) is 6.22. The van der Waals surface area contributed by atoms with Gasteiger partial charge in [-0.1, -0.05) is 28.1 Å². The second-order valence-corrected chi connectivity index (χ2v) is 7.14. The van der Waals surface area contributed by atoms with Crippen LogP contribution in [0.25, 0.3) is 0 Å². The molecule has 1 aromatic heterocycles. The lowest BCUT2D eigenvalue weighted by atomic mass is 10.1. The molecule has 0 aliphatic carbocycles. The van der Waals surface area contributed by atoms with Crippen molar-refractivity contribution in [2.45, 2.75) is 32.3 Å². The van der Waals surface area contributed by atoms with Crippen molar-refractivity contribution in [1.29, 1.82) is 0 Å². The average Bonchev–Trinajstić information content (AvgIpc) is 2.56. The molecule has 3 rings (SSSR count). The summed E-state index contributed by atoms with van der Waals surface area (Å²) in [7, 11) is 0. The minimum absolute atomic E-state index is 0.0120. The highest BCUT2D eigenvalue weighted by molar-refractivity contribution is 9.10. The molecule has 0 atom stereocenters. The lowest BCUT2D eigenvalue weighted by molar-refractivity contribution is -0.132. The van der Waals surface area contributed by atoms with E-state index in [2.05, 4.69) is 15.9 Å². The number of carbonyl (C=O) groups is 1. The highest BCUT2D eigenvalue weighted by Crippen LogP contribution is 2.20. The fraction of sp³-hybridized carbons (Fsp3) is 0.368. The van der Waals surface area contributed by atoms with Crippen LogP contribution in [0.5, 0.6) is 5.75 Å². The Balaban J connectivity index is 1.51. The number of hydrogen-bond donors (Lipinski definition) is 0. The van der Waals surface area contributed by atoms with E-state index in [0.717, 1.165) is 22.9 Å². The first-order valence-corrected chi connectivity index (χ1v) is 9.09. The quantitative estimate of drug-likeness (QED) is 0.782. The molecule has 1 aliphatic heterocycles. The van der Waals surface area contributed by atoms with Crippen LogP contribution in [0.4, 0.5) is 0 Å². The highest BCUT2D eigenvalue weighted by Gasteiger charge is 2.24. The van der Waals surface area contributed by atoms with Gasteiger partial charge in [0.25, 0.3) is 0 Å². The van der Waals surface area contributed by atoms with Gasteiger partial charge in [-0.2, -0.15) is 0 Å². The van der Waals surface area contributed by atoms with E-state index in [0.29, 0.717) is 31.0 Å². The van der Waals surface area contributed by atoms with E-state index in [4.69, 9.17) is 9.15 Å². The summed E-state index contributed by atoms with van der Waals surface area (Å²) in [6.07, 6.45) is 1.94. The molecule has 1 amide bonds. The number of nitrogens with zero attached hydrogens (tertiary/aromatic N) is 1. The van der Waals surface area contributed by atoms with Crippen molar-refractivity contribution in [3.05, 3.63) is 62.6 Å². The van der Waals surface area contributed by atoms with Gasteiger partial charge in [-0.05, 0) is 24.6 Å². The first kappa shape index (κ1) is 17.7. The zero-order valence-corrected chi connectivity index (χ0v) is 15.6. The van der Waals surface area contributed by atoms with Crippen molar-refractivity contribution in [2.75, 3.05) is 13.1 Å². The fourth-order valence-electron chi connectivity index (χ4n) is 2.95. The zero-order valence-electron chi connectivity index (χ0n) is 14.0. The predicted molar refractivity (Wildman–Crippen MR) is 97.8 cm³/mol. The van der Waals surface area contributed by atoms with Gasteiger partial charge in [-0.3, -0.25) is 4.79 Å². The Labute approximate surface area is 154 Å². The number of carbonyl (C=O) groups excluding carboxylic acids is 1. The molecule has 2 heterocycles. The number of piperidine rings is 1. The largest absolute Gasteiger partial charge is 0.490 e. The standard InChI is InChI=1S/C19H20BrNO4/c1-13-10-17(12-19(23)24-13)25-16-6-8-21(9-7-16)18(22)11-14-2-4-15(20)5-3-14/h2-5,10,12,16H,6-9,11H2,1H3. The van der Waals surface area contributed by atoms with E-state index in [9.17, 15) is 9.59 Å². The molecule has 1 aliphatic rings. The molecule has 0 spiro atoms. The molecule has 0 bridgehead atoms. The molecular weight excluding hydrogens is 386 g/mol. The molecule has 1 fully saturated rings. The number of amides is 1. The van der Waals surface area contributed by atoms with Crippen LogP contribution in [0, 0.1) is 6.92 Å². The van der Waals surface area contributed by atoms with E-state index < -0.39 is 5.63 Å². The number of benzene rings is 1. The Kier molecular flexibility index (Phi) is 5.58. The second kappa shape index (κ2) is 7.87. The minimum Gasteiger partial charge on any atom is -0.490 e. The molecule has 1 saturated heterocycles. The maximum atomic E-state index is 12.4. The Morgan fingerprint density at radius 2 is 1.92 bits per heavy atom.